The lowest BCUT2D eigenvalue weighted by molar-refractivity contribution is 0.0955. The Kier molecular flexibility index (Phi) is 9.02. The van der Waals surface area contributed by atoms with Crippen molar-refractivity contribution in [1.29, 1.82) is 0 Å². The zero-order valence-corrected chi connectivity index (χ0v) is 17.8. The molecule has 0 atom stereocenters. The van der Waals surface area contributed by atoms with E-state index in [0.29, 0.717) is 18.7 Å². The molecule has 2 aromatic rings. The predicted octanol–water partition coefficient (Wildman–Crippen LogP) is 3.05. The van der Waals surface area contributed by atoms with Crippen LogP contribution in [0.5, 0.6) is 5.75 Å². The number of aliphatic imine (C=N–C) groups is 1. The lowest BCUT2D eigenvalue weighted by Crippen LogP contribution is -2.38. The van der Waals surface area contributed by atoms with Crippen molar-refractivity contribution in [2.75, 3.05) is 26.7 Å². The average Bonchev–Trinajstić information content (AvgIpc) is 2.72. The molecule has 29 heavy (non-hydrogen) atoms. The third kappa shape index (κ3) is 7.14. The molecule has 0 aliphatic heterocycles. The Morgan fingerprint density at radius 2 is 1.83 bits per heavy atom. The van der Waals surface area contributed by atoms with Crippen LogP contribution in [-0.2, 0) is 13.0 Å². The number of rotatable bonds is 9. The fraction of sp³-hybridized carbons (Fsp3) is 0.391. The van der Waals surface area contributed by atoms with E-state index in [2.05, 4.69) is 40.0 Å². The normalized spacial score (nSPS) is 11.1. The standard InChI is InChI=1S/C23H32N4O2/c1-5-24-22(28)20-9-7-8-18(15-20)16-27-23(25-6-2)26-13-12-19-14-17(3)10-11-21(19)29-4/h7-11,14-15H,5-6,12-13,16H2,1-4H3,(H,24,28)(H2,25,26,27). The van der Waals surface area contributed by atoms with Crippen molar-refractivity contribution in [2.24, 2.45) is 4.99 Å². The predicted molar refractivity (Wildman–Crippen MR) is 119 cm³/mol. The first-order valence-electron chi connectivity index (χ1n) is 10.1. The zero-order chi connectivity index (χ0) is 21.1. The topological polar surface area (TPSA) is 74.8 Å². The summed E-state index contributed by atoms with van der Waals surface area (Å²) in [6.07, 6.45) is 0.835. The molecule has 2 aromatic carbocycles. The Hall–Kier alpha value is -3.02. The van der Waals surface area contributed by atoms with Crippen LogP contribution in [0.1, 0.15) is 40.9 Å². The largest absolute Gasteiger partial charge is 0.496 e. The van der Waals surface area contributed by atoms with Crippen LogP contribution < -0.4 is 20.7 Å². The molecule has 0 saturated heterocycles. The molecule has 0 heterocycles. The number of hydrogen-bond donors (Lipinski definition) is 3. The fourth-order valence-corrected chi connectivity index (χ4v) is 3.00. The van der Waals surface area contributed by atoms with Gasteiger partial charge in [0.25, 0.3) is 5.91 Å². The van der Waals surface area contributed by atoms with E-state index in [-0.39, 0.29) is 5.91 Å². The highest BCUT2D eigenvalue weighted by Gasteiger charge is 2.06. The number of methoxy groups -OCH3 is 1. The highest BCUT2D eigenvalue weighted by atomic mass is 16.5. The van der Waals surface area contributed by atoms with E-state index < -0.39 is 0 Å². The Morgan fingerprint density at radius 1 is 1.03 bits per heavy atom. The van der Waals surface area contributed by atoms with Gasteiger partial charge in [0.05, 0.1) is 13.7 Å². The van der Waals surface area contributed by atoms with Gasteiger partial charge in [-0.1, -0.05) is 29.8 Å². The van der Waals surface area contributed by atoms with Crippen LogP contribution in [0.2, 0.25) is 0 Å². The van der Waals surface area contributed by atoms with Crippen LogP contribution in [0.3, 0.4) is 0 Å². The molecule has 3 N–H and O–H groups in total. The van der Waals surface area contributed by atoms with Gasteiger partial charge in [0.15, 0.2) is 5.96 Å². The van der Waals surface area contributed by atoms with Crippen molar-refractivity contribution in [2.45, 2.75) is 33.7 Å². The van der Waals surface area contributed by atoms with E-state index in [9.17, 15) is 4.79 Å². The maximum Gasteiger partial charge on any atom is 0.251 e. The molecule has 0 aromatic heterocycles. The number of carbonyl (C=O) groups excluding carboxylic acids is 1. The summed E-state index contributed by atoms with van der Waals surface area (Å²) in [4.78, 5) is 16.7. The molecule has 6 nitrogen and oxygen atoms in total. The molecule has 156 valence electrons. The van der Waals surface area contributed by atoms with Gasteiger partial charge in [-0.2, -0.15) is 0 Å². The minimum atomic E-state index is -0.0598. The van der Waals surface area contributed by atoms with Crippen molar-refractivity contribution in [1.82, 2.24) is 16.0 Å². The third-order valence-corrected chi connectivity index (χ3v) is 4.41. The molecule has 6 heteroatoms. The molecule has 0 aliphatic carbocycles. The summed E-state index contributed by atoms with van der Waals surface area (Å²) in [6.45, 7) is 8.65. The van der Waals surface area contributed by atoms with Gasteiger partial charge < -0.3 is 20.7 Å². The second kappa shape index (κ2) is 11.7. The van der Waals surface area contributed by atoms with Crippen molar-refractivity contribution in [3.63, 3.8) is 0 Å². The maximum atomic E-state index is 12.0. The number of nitrogens with one attached hydrogen (secondary N) is 3. The summed E-state index contributed by atoms with van der Waals surface area (Å²) in [5, 5.41) is 9.46. The molecule has 1 amide bonds. The molecule has 0 aliphatic rings. The van der Waals surface area contributed by atoms with Crippen LogP contribution in [0, 0.1) is 6.92 Å². The quantitative estimate of drug-likeness (QED) is 0.450. The summed E-state index contributed by atoms with van der Waals surface area (Å²) in [7, 11) is 1.70. The number of aryl methyl sites for hydroxylation is 1. The summed E-state index contributed by atoms with van der Waals surface area (Å²) < 4.78 is 5.45. The van der Waals surface area contributed by atoms with E-state index in [0.717, 1.165) is 36.8 Å². The molecule has 2 rings (SSSR count). The van der Waals surface area contributed by atoms with Gasteiger partial charge in [0.1, 0.15) is 5.75 Å². The van der Waals surface area contributed by atoms with Crippen molar-refractivity contribution >= 4 is 11.9 Å². The number of carbonyl (C=O) groups is 1. The van der Waals surface area contributed by atoms with Crippen molar-refractivity contribution in [3.8, 4) is 5.75 Å². The second-order valence-electron chi connectivity index (χ2n) is 6.75. The first-order valence-corrected chi connectivity index (χ1v) is 10.1. The van der Waals surface area contributed by atoms with Gasteiger partial charge in [0.2, 0.25) is 0 Å². The molecule has 0 saturated carbocycles. The monoisotopic (exact) mass is 396 g/mol. The Morgan fingerprint density at radius 3 is 2.55 bits per heavy atom. The highest BCUT2D eigenvalue weighted by molar-refractivity contribution is 5.94. The van der Waals surface area contributed by atoms with Gasteiger partial charge in [0, 0.05) is 25.2 Å². The van der Waals surface area contributed by atoms with Gasteiger partial charge in [-0.15, -0.1) is 0 Å². The second-order valence-corrected chi connectivity index (χ2v) is 6.75. The van der Waals surface area contributed by atoms with Crippen LogP contribution in [-0.4, -0.2) is 38.6 Å². The Bertz CT molecular complexity index is 833. The summed E-state index contributed by atoms with van der Waals surface area (Å²) in [5.41, 5.74) is 4.04. The van der Waals surface area contributed by atoms with Gasteiger partial charge in [-0.3, -0.25) is 4.79 Å². The van der Waals surface area contributed by atoms with Crippen molar-refractivity contribution < 1.29 is 9.53 Å². The van der Waals surface area contributed by atoms with Crippen LogP contribution >= 0.6 is 0 Å². The minimum absolute atomic E-state index is 0.0598. The molecule has 0 spiro atoms. The summed E-state index contributed by atoms with van der Waals surface area (Å²) in [6, 6.07) is 13.8. The Labute approximate surface area is 173 Å². The SMILES string of the molecule is CCNC(=O)c1cccc(CN=C(NCC)NCCc2cc(C)ccc2OC)c1. The number of benzene rings is 2. The smallest absolute Gasteiger partial charge is 0.251 e. The van der Waals surface area contributed by atoms with E-state index in [4.69, 9.17) is 4.74 Å². The lowest BCUT2D eigenvalue weighted by atomic mass is 10.1. The lowest BCUT2D eigenvalue weighted by Gasteiger charge is -2.13. The third-order valence-electron chi connectivity index (χ3n) is 4.41. The first kappa shape index (κ1) is 22.3. The number of ether oxygens (including phenoxy) is 1. The molecule has 0 radical (unpaired) electrons. The molecule has 0 fully saturated rings. The molecular formula is C23H32N4O2. The first-order chi connectivity index (χ1) is 14.1. The number of hydrogen-bond acceptors (Lipinski definition) is 3. The minimum Gasteiger partial charge on any atom is -0.496 e. The van der Waals surface area contributed by atoms with E-state index in [1.807, 2.05) is 44.2 Å². The maximum absolute atomic E-state index is 12.0. The number of nitrogens with zero attached hydrogens (tertiary/aromatic N) is 1. The average molecular weight is 397 g/mol. The number of guanidine groups is 1. The van der Waals surface area contributed by atoms with Crippen LogP contribution in [0.25, 0.3) is 0 Å². The summed E-state index contributed by atoms with van der Waals surface area (Å²) in [5.74, 6) is 1.60. The number of amides is 1. The van der Waals surface area contributed by atoms with Crippen LogP contribution in [0.4, 0.5) is 0 Å². The van der Waals surface area contributed by atoms with E-state index >= 15 is 0 Å². The highest BCUT2D eigenvalue weighted by Crippen LogP contribution is 2.19. The molecule has 0 unspecified atom stereocenters. The van der Waals surface area contributed by atoms with Gasteiger partial charge in [-0.25, -0.2) is 4.99 Å². The van der Waals surface area contributed by atoms with Crippen molar-refractivity contribution in [3.05, 3.63) is 64.7 Å². The molecule has 0 bridgehead atoms. The van der Waals surface area contributed by atoms with E-state index in [1.165, 1.54) is 11.1 Å². The van der Waals surface area contributed by atoms with Crippen LogP contribution in [0.15, 0.2) is 47.5 Å². The zero-order valence-electron chi connectivity index (χ0n) is 17.8. The van der Waals surface area contributed by atoms with Gasteiger partial charge in [-0.05, 0) is 56.5 Å². The fourth-order valence-electron chi connectivity index (χ4n) is 3.00. The molecular weight excluding hydrogens is 364 g/mol. The van der Waals surface area contributed by atoms with E-state index in [1.54, 1.807) is 7.11 Å². The Balaban J connectivity index is 1.99. The van der Waals surface area contributed by atoms with Gasteiger partial charge >= 0.3 is 0 Å². The summed E-state index contributed by atoms with van der Waals surface area (Å²) >= 11 is 0.